The Balaban J connectivity index is 2.02. The molecule has 2 N–H and O–H groups in total. The number of carbonyl (C=O) groups excluding carboxylic acids is 1. The van der Waals surface area contributed by atoms with E-state index in [1.807, 2.05) is 31.2 Å². The van der Waals surface area contributed by atoms with Gasteiger partial charge in [-0.3, -0.25) is 4.79 Å². The average molecular weight is 323 g/mol. The molecule has 0 saturated carbocycles. The Morgan fingerprint density at radius 1 is 1.14 bits per heavy atom. The summed E-state index contributed by atoms with van der Waals surface area (Å²) in [6.07, 6.45) is 0. The van der Waals surface area contributed by atoms with Crippen LogP contribution < -0.4 is 10.6 Å². The third-order valence-electron chi connectivity index (χ3n) is 2.98. The number of amides is 1. The van der Waals surface area contributed by atoms with Crippen molar-refractivity contribution in [3.05, 3.63) is 58.1 Å². The smallest absolute Gasteiger partial charge is 0.246 e. The van der Waals surface area contributed by atoms with Crippen molar-refractivity contribution >= 4 is 40.5 Å². The number of carbonyl (C=O) groups is 1. The fourth-order valence-electron chi connectivity index (χ4n) is 1.88. The number of anilines is 2. The van der Waals surface area contributed by atoms with Crippen molar-refractivity contribution in [2.45, 2.75) is 19.9 Å². The Morgan fingerprint density at radius 2 is 1.90 bits per heavy atom. The van der Waals surface area contributed by atoms with E-state index in [0.29, 0.717) is 15.7 Å². The van der Waals surface area contributed by atoms with Gasteiger partial charge in [0.05, 0.1) is 10.7 Å². The molecule has 0 aliphatic carbocycles. The van der Waals surface area contributed by atoms with E-state index in [1.165, 1.54) is 0 Å². The Kier molecular flexibility index (Phi) is 5.10. The highest BCUT2D eigenvalue weighted by Gasteiger charge is 2.14. The van der Waals surface area contributed by atoms with Crippen LogP contribution in [0.15, 0.2) is 42.5 Å². The van der Waals surface area contributed by atoms with Crippen molar-refractivity contribution in [2.24, 2.45) is 0 Å². The van der Waals surface area contributed by atoms with Gasteiger partial charge >= 0.3 is 0 Å². The first-order valence-corrected chi connectivity index (χ1v) is 7.30. The average Bonchev–Trinajstić information content (AvgIpc) is 2.41. The summed E-state index contributed by atoms with van der Waals surface area (Å²) in [6.45, 7) is 3.80. The van der Waals surface area contributed by atoms with Crippen LogP contribution in [0.3, 0.4) is 0 Å². The van der Waals surface area contributed by atoms with Crippen molar-refractivity contribution in [1.29, 1.82) is 0 Å². The van der Waals surface area contributed by atoms with Crippen molar-refractivity contribution in [3.8, 4) is 0 Å². The molecule has 0 saturated heterocycles. The third-order valence-corrected chi connectivity index (χ3v) is 3.53. The molecule has 0 unspecified atom stereocenters. The Labute approximate surface area is 134 Å². The molecule has 0 heterocycles. The first kappa shape index (κ1) is 15.7. The van der Waals surface area contributed by atoms with Crippen molar-refractivity contribution in [3.63, 3.8) is 0 Å². The topological polar surface area (TPSA) is 41.1 Å². The minimum absolute atomic E-state index is 0.166. The van der Waals surface area contributed by atoms with Gasteiger partial charge in [0.25, 0.3) is 0 Å². The van der Waals surface area contributed by atoms with Crippen LogP contribution in [0.5, 0.6) is 0 Å². The maximum absolute atomic E-state index is 12.2. The molecule has 1 atom stereocenters. The molecule has 3 nitrogen and oxygen atoms in total. The molecule has 21 heavy (non-hydrogen) atoms. The zero-order chi connectivity index (χ0) is 15.4. The highest BCUT2D eigenvalue weighted by molar-refractivity contribution is 6.36. The maximum Gasteiger partial charge on any atom is 0.246 e. The van der Waals surface area contributed by atoms with Gasteiger partial charge in [-0.25, -0.2) is 0 Å². The highest BCUT2D eigenvalue weighted by atomic mass is 35.5. The predicted octanol–water partition coefficient (Wildman–Crippen LogP) is 4.74. The van der Waals surface area contributed by atoms with Crippen molar-refractivity contribution < 1.29 is 4.79 Å². The Morgan fingerprint density at radius 3 is 2.57 bits per heavy atom. The number of halogens is 2. The van der Waals surface area contributed by atoms with Crippen molar-refractivity contribution in [2.75, 3.05) is 10.6 Å². The molecule has 5 heteroatoms. The molecule has 0 aliphatic heterocycles. The van der Waals surface area contributed by atoms with Gasteiger partial charge in [0.1, 0.15) is 6.04 Å². The molecule has 0 bridgehead atoms. The number of rotatable bonds is 4. The van der Waals surface area contributed by atoms with Gasteiger partial charge in [0.15, 0.2) is 0 Å². The Hall–Kier alpha value is -1.71. The standard InChI is InChI=1S/C16H16Cl2N2O/c1-10-4-3-5-13(8-10)19-11(2)16(21)20-15-7-6-12(17)9-14(15)18/h3-9,11,19H,1-2H3,(H,20,21)/t11-/m1/s1. The second-order valence-corrected chi connectivity index (χ2v) is 5.69. The van der Waals surface area contributed by atoms with Crippen LogP contribution >= 0.6 is 23.2 Å². The molecule has 0 radical (unpaired) electrons. The zero-order valence-electron chi connectivity index (χ0n) is 11.8. The Bertz CT molecular complexity index is 658. The van der Waals surface area contributed by atoms with Gasteiger partial charge in [0.2, 0.25) is 5.91 Å². The molecule has 2 aromatic carbocycles. The fraction of sp³-hybridized carbons (Fsp3) is 0.188. The molecule has 0 aromatic heterocycles. The quantitative estimate of drug-likeness (QED) is 0.853. The molecule has 110 valence electrons. The van der Waals surface area contributed by atoms with E-state index >= 15 is 0 Å². The molecular weight excluding hydrogens is 307 g/mol. The van der Waals surface area contributed by atoms with E-state index in [0.717, 1.165) is 11.3 Å². The van der Waals surface area contributed by atoms with Crippen LogP contribution in [-0.4, -0.2) is 11.9 Å². The minimum Gasteiger partial charge on any atom is -0.374 e. The van der Waals surface area contributed by atoms with Gasteiger partial charge in [-0.2, -0.15) is 0 Å². The van der Waals surface area contributed by atoms with Crippen LogP contribution in [-0.2, 0) is 4.79 Å². The number of nitrogens with one attached hydrogen (secondary N) is 2. The van der Waals surface area contributed by atoms with E-state index in [2.05, 4.69) is 10.6 Å². The number of aryl methyl sites for hydroxylation is 1. The summed E-state index contributed by atoms with van der Waals surface area (Å²) in [6, 6.07) is 12.4. The molecule has 2 rings (SSSR count). The summed E-state index contributed by atoms with van der Waals surface area (Å²) in [5.74, 6) is -0.166. The maximum atomic E-state index is 12.2. The monoisotopic (exact) mass is 322 g/mol. The highest BCUT2D eigenvalue weighted by Crippen LogP contribution is 2.25. The lowest BCUT2D eigenvalue weighted by Crippen LogP contribution is -2.31. The summed E-state index contributed by atoms with van der Waals surface area (Å²) in [7, 11) is 0. The first-order chi connectivity index (χ1) is 9.95. The van der Waals surface area contributed by atoms with E-state index in [-0.39, 0.29) is 5.91 Å². The molecule has 1 amide bonds. The van der Waals surface area contributed by atoms with Crippen LogP contribution in [0.1, 0.15) is 12.5 Å². The minimum atomic E-state index is -0.390. The zero-order valence-corrected chi connectivity index (χ0v) is 13.3. The number of benzene rings is 2. The fourth-order valence-corrected chi connectivity index (χ4v) is 2.34. The van der Waals surface area contributed by atoms with E-state index in [9.17, 15) is 4.79 Å². The van der Waals surface area contributed by atoms with Gasteiger partial charge < -0.3 is 10.6 Å². The molecule has 0 aliphatic rings. The van der Waals surface area contributed by atoms with Crippen molar-refractivity contribution in [1.82, 2.24) is 0 Å². The summed E-state index contributed by atoms with van der Waals surface area (Å²) >= 11 is 11.9. The first-order valence-electron chi connectivity index (χ1n) is 6.55. The van der Waals surface area contributed by atoms with E-state index < -0.39 is 6.04 Å². The lowest BCUT2D eigenvalue weighted by molar-refractivity contribution is -0.116. The van der Waals surface area contributed by atoms with E-state index in [4.69, 9.17) is 23.2 Å². The normalized spacial score (nSPS) is 11.8. The lowest BCUT2D eigenvalue weighted by Gasteiger charge is -2.16. The SMILES string of the molecule is Cc1cccc(N[C@H](C)C(=O)Nc2ccc(Cl)cc2Cl)c1. The van der Waals surface area contributed by atoms with Gasteiger partial charge in [-0.05, 0) is 49.7 Å². The molecule has 2 aromatic rings. The molecule has 0 fully saturated rings. The molecular formula is C16H16Cl2N2O. The summed E-state index contributed by atoms with van der Waals surface area (Å²) in [5.41, 5.74) is 2.58. The van der Waals surface area contributed by atoms with Crippen LogP contribution in [0.4, 0.5) is 11.4 Å². The molecule has 0 spiro atoms. The number of hydrogen-bond acceptors (Lipinski definition) is 2. The van der Waals surface area contributed by atoms with Gasteiger partial charge in [-0.15, -0.1) is 0 Å². The summed E-state index contributed by atoms with van der Waals surface area (Å²) in [5, 5.41) is 6.88. The second kappa shape index (κ2) is 6.83. The summed E-state index contributed by atoms with van der Waals surface area (Å²) < 4.78 is 0. The van der Waals surface area contributed by atoms with Gasteiger partial charge in [0, 0.05) is 10.7 Å². The lowest BCUT2D eigenvalue weighted by atomic mass is 10.2. The summed E-state index contributed by atoms with van der Waals surface area (Å²) in [4.78, 5) is 12.2. The largest absolute Gasteiger partial charge is 0.374 e. The number of hydrogen-bond donors (Lipinski definition) is 2. The van der Waals surface area contributed by atoms with E-state index in [1.54, 1.807) is 25.1 Å². The second-order valence-electron chi connectivity index (χ2n) is 4.85. The third kappa shape index (κ3) is 4.38. The van der Waals surface area contributed by atoms with Crippen LogP contribution in [0, 0.1) is 6.92 Å². The van der Waals surface area contributed by atoms with Gasteiger partial charge in [-0.1, -0.05) is 35.3 Å². The van der Waals surface area contributed by atoms with Crippen LogP contribution in [0.25, 0.3) is 0 Å². The predicted molar refractivity (Wildman–Crippen MR) is 89.4 cm³/mol. The van der Waals surface area contributed by atoms with Crippen LogP contribution in [0.2, 0.25) is 10.0 Å².